The van der Waals surface area contributed by atoms with E-state index in [0.29, 0.717) is 38.5 Å². The monoisotopic (exact) mass is 353 g/mol. The summed E-state index contributed by atoms with van der Waals surface area (Å²) < 4.78 is 0. The molecule has 1 aromatic carbocycles. The number of hydrogen-bond donors (Lipinski definition) is 3. The highest BCUT2D eigenvalue weighted by Crippen LogP contribution is 2.27. The predicted molar refractivity (Wildman–Crippen MR) is 102 cm³/mol. The maximum absolute atomic E-state index is 10.6. The SMILES string of the molecule is CC(O)CN(Cc1cc(CN(C)C)c(O)c(CN(C)C)c1)CC(C)O. The van der Waals surface area contributed by atoms with Crippen molar-refractivity contribution in [3.05, 3.63) is 28.8 Å². The number of benzene rings is 1. The third-order valence-corrected chi connectivity index (χ3v) is 3.75. The molecule has 0 fully saturated rings. The number of rotatable bonds is 10. The summed E-state index contributed by atoms with van der Waals surface area (Å²) in [6.07, 6.45) is -0.920. The van der Waals surface area contributed by atoms with Crippen molar-refractivity contribution in [3.63, 3.8) is 0 Å². The van der Waals surface area contributed by atoms with Crippen LogP contribution >= 0.6 is 0 Å². The van der Waals surface area contributed by atoms with E-state index in [2.05, 4.69) is 0 Å². The first-order valence-corrected chi connectivity index (χ1v) is 8.80. The van der Waals surface area contributed by atoms with Crippen LogP contribution in [-0.2, 0) is 19.6 Å². The Balaban J connectivity index is 3.13. The largest absolute Gasteiger partial charge is 0.507 e. The lowest BCUT2D eigenvalue weighted by Crippen LogP contribution is -2.35. The van der Waals surface area contributed by atoms with Gasteiger partial charge in [-0.1, -0.05) is 0 Å². The third-order valence-electron chi connectivity index (χ3n) is 3.75. The fraction of sp³-hybridized carbons (Fsp3) is 0.684. The van der Waals surface area contributed by atoms with Crippen LogP contribution in [0.1, 0.15) is 30.5 Å². The van der Waals surface area contributed by atoms with Crippen LogP contribution < -0.4 is 0 Å². The Morgan fingerprint density at radius 3 is 1.52 bits per heavy atom. The molecule has 0 amide bonds. The zero-order chi connectivity index (χ0) is 19.1. The van der Waals surface area contributed by atoms with Gasteiger partial charge in [0.1, 0.15) is 5.75 Å². The number of aromatic hydroxyl groups is 1. The average molecular weight is 354 g/mol. The van der Waals surface area contributed by atoms with Crippen molar-refractivity contribution in [1.29, 1.82) is 0 Å². The molecule has 2 atom stereocenters. The highest BCUT2D eigenvalue weighted by molar-refractivity contribution is 5.44. The molecule has 0 aliphatic heterocycles. The van der Waals surface area contributed by atoms with Crippen molar-refractivity contribution in [2.24, 2.45) is 0 Å². The molecule has 0 saturated carbocycles. The summed E-state index contributed by atoms with van der Waals surface area (Å²) in [5.74, 6) is 0.351. The van der Waals surface area contributed by atoms with E-state index in [-0.39, 0.29) is 0 Å². The Morgan fingerprint density at radius 1 is 0.800 bits per heavy atom. The van der Waals surface area contributed by atoms with E-state index in [4.69, 9.17) is 0 Å². The number of aliphatic hydroxyl groups is 2. The molecule has 0 aliphatic rings. The van der Waals surface area contributed by atoms with Gasteiger partial charge in [-0.3, -0.25) is 4.90 Å². The van der Waals surface area contributed by atoms with Crippen LogP contribution in [0.15, 0.2) is 12.1 Å². The Kier molecular flexibility index (Phi) is 8.82. The van der Waals surface area contributed by atoms with E-state index in [9.17, 15) is 15.3 Å². The van der Waals surface area contributed by atoms with Gasteiger partial charge in [0.15, 0.2) is 0 Å². The molecule has 1 aromatic rings. The van der Waals surface area contributed by atoms with Gasteiger partial charge in [0.05, 0.1) is 12.2 Å². The van der Waals surface area contributed by atoms with Crippen LogP contribution in [-0.4, -0.2) is 83.5 Å². The van der Waals surface area contributed by atoms with Crippen LogP contribution in [0.25, 0.3) is 0 Å². The van der Waals surface area contributed by atoms with Crippen LogP contribution in [0.5, 0.6) is 5.75 Å². The molecule has 0 spiro atoms. The normalized spacial score (nSPS) is 14.5. The molecule has 25 heavy (non-hydrogen) atoms. The van der Waals surface area contributed by atoms with Gasteiger partial charge in [0.2, 0.25) is 0 Å². The lowest BCUT2D eigenvalue weighted by molar-refractivity contribution is 0.0794. The van der Waals surface area contributed by atoms with Gasteiger partial charge < -0.3 is 25.1 Å². The summed E-state index contributed by atoms with van der Waals surface area (Å²) in [5, 5.41) is 30.0. The molecule has 0 heterocycles. The summed E-state index contributed by atoms with van der Waals surface area (Å²) in [4.78, 5) is 6.10. The Morgan fingerprint density at radius 2 is 1.20 bits per heavy atom. The summed E-state index contributed by atoms with van der Waals surface area (Å²) >= 11 is 0. The van der Waals surface area contributed by atoms with E-state index in [1.54, 1.807) is 13.8 Å². The number of hydrogen-bond acceptors (Lipinski definition) is 6. The summed E-state index contributed by atoms with van der Waals surface area (Å²) in [6, 6.07) is 4.04. The lowest BCUT2D eigenvalue weighted by Gasteiger charge is -2.26. The number of aliphatic hydroxyl groups excluding tert-OH is 2. The fourth-order valence-electron chi connectivity index (χ4n) is 3.06. The highest BCUT2D eigenvalue weighted by atomic mass is 16.3. The number of phenolic OH excluding ortho intramolecular Hbond substituents is 1. The van der Waals surface area contributed by atoms with Gasteiger partial charge in [0.25, 0.3) is 0 Å². The Bertz CT molecular complexity index is 490. The number of nitrogens with zero attached hydrogens (tertiary/aromatic N) is 3. The van der Waals surface area contributed by atoms with E-state index in [0.717, 1.165) is 16.7 Å². The van der Waals surface area contributed by atoms with Crippen molar-refractivity contribution < 1.29 is 15.3 Å². The summed E-state index contributed by atoms with van der Waals surface area (Å²) in [7, 11) is 7.91. The minimum absolute atomic E-state index is 0.351. The molecule has 144 valence electrons. The number of phenols is 1. The van der Waals surface area contributed by atoms with E-state index in [1.807, 2.05) is 55.0 Å². The second kappa shape index (κ2) is 10.1. The van der Waals surface area contributed by atoms with Crippen LogP contribution in [0, 0.1) is 0 Å². The zero-order valence-corrected chi connectivity index (χ0v) is 16.5. The van der Waals surface area contributed by atoms with Gasteiger partial charge in [-0.15, -0.1) is 0 Å². The second-order valence-corrected chi connectivity index (χ2v) is 7.63. The summed E-state index contributed by atoms with van der Waals surface area (Å²) in [6.45, 7) is 6.44. The predicted octanol–water partition coefficient (Wildman–Crippen LogP) is 1.08. The van der Waals surface area contributed by atoms with Crippen LogP contribution in [0.3, 0.4) is 0 Å². The smallest absolute Gasteiger partial charge is 0.124 e. The molecule has 0 aromatic heterocycles. The van der Waals surface area contributed by atoms with E-state index >= 15 is 0 Å². The molecule has 3 N–H and O–H groups in total. The molecule has 6 nitrogen and oxygen atoms in total. The topological polar surface area (TPSA) is 70.4 Å². The first-order valence-electron chi connectivity index (χ1n) is 8.80. The van der Waals surface area contributed by atoms with E-state index in [1.165, 1.54) is 0 Å². The minimum atomic E-state index is -0.460. The first kappa shape index (κ1) is 21.9. The fourth-order valence-corrected chi connectivity index (χ4v) is 3.06. The highest BCUT2D eigenvalue weighted by Gasteiger charge is 2.16. The average Bonchev–Trinajstić information content (AvgIpc) is 2.41. The van der Waals surface area contributed by atoms with Gasteiger partial charge in [-0.25, -0.2) is 0 Å². The first-order chi connectivity index (χ1) is 11.6. The zero-order valence-electron chi connectivity index (χ0n) is 16.5. The third kappa shape index (κ3) is 8.16. The molecule has 0 aliphatic carbocycles. The van der Waals surface area contributed by atoms with Gasteiger partial charge in [0, 0.05) is 43.9 Å². The van der Waals surface area contributed by atoms with Crippen LogP contribution in [0.4, 0.5) is 0 Å². The quantitative estimate of drug-likeness (QED) is 0.585. The Labute approximate surface area is 152 Å². The molecule has 2 unspecified atom stereocenters. The second-order valence-electron chi connectivity index (χ2n) is 7.63. The molecular weight excluding hydrogens is 318 g/mol. The van der Waals surface area contributed by atoms with Crippen molar-refractivity contribution in [1.82, 2.24) is 14.7 Å². The van der Waals surface area contributed by atoms with Crippen molar-refractivity contribution >= 4 is 0 Å². The molecule has 0 saturated heterocycles. The van der Waals surface area contributed by atoms with E-state index < -0.39 is 12.2 Å². The standard InChI is InChI=1S/C19H35N3O3/c1-14(23)9-22(10-15(2)24)11-16-7-17(12-20(3)4)19(25)18(8-16)13-21(5)6/h7-8,14-15,23-25H,9-13H2,1-6H3. The minimum Gasteiger partial charge on any atom is -0.507 e. The molecular formula is C19H35N3O3. The summed E-state index contributed by atoms with van der Waals surface area (Å²) in [5.41, 5.74) is 2.87. The van der Waals surface area contributed by atoms with Gasteiger partial charge in [-0.2, -0.15) is 0 Å². The van der Waals surface area contributed by atoms with Crippen molar-refractivity contribution in [2.75, 3.05) is 41.3 Å². The molecule has 6 heteroatoms. The maximum Gasteiger partial charge on any atom is 0.124 e. The lowest BCUT2D eigenvalue weighted by atomic mass is 10.0. The van der Waals surface area contributed by atoms with Gasteiger partial charge in [-0.05, 0) is 59.7 Å². The van der Waals surface area contributed by atoms with Crippen LogP contribution in [0.2, 0.25) is 0 Å². The molecule has 0 bridgehead atoms. The maximum atomic E-state index is 10.6. The van der Waals surface area contributed by atoms with Crippen molar-refractivity contribution in [2.45, 2.75) is 45.7 Å². The molecule has 0 radical (unpaired) electrons. The van der Waals surface area contributed by atoms with Crippen molar-refractivity contribution in [3.8, 4) is 5.75 Å². The molecule has 1 rings (SSSR count). The van der Waals surface area contributed by atoms with Gasteiger partial charge >= 0.3 is 0 Å². The Hall–Kier alpha value is -1.18.